The summed E-state index contributed by atoms with van der Waals surface area (Å²) in [5.74, 6) is 0.787. The molecule has 0 spiro atoms. The van der Waals surface area contributed by atoms with E-state index < -0.39 is 5.97 Å². The molecule has 0 amide bonds. The Morgan fingerprint density at radius 1 is 1.39 bits per heavy atom. The second kappa shape index (κ2) is 5.64. The van der Waals surface area contributed by atoms with Crippen molar-refractivity contribution < 1.29 is 19.1 Å². The van der Waals surface area contributed by atoms with E-state index in [1.807, 2.05) is 6.07 Å². The van der Waals surface area contributed by atoms with Crippen LogP contribution in [0.5, 0.6) is 5.75 Å². The minimum atomic E-state index is -0.420. The van der Waals surface area contributed by atoms with Crippen molar-refractivity contribution in [3.8, 4) is 5.75 Å². The van der Waals surface area contributed by atoms with Gasteiger partial charge in [0.25, 0.3) is 0 Å². The van der Waals surface area contributed by atoms with Crippen molar-refractivity contribution in [2.24, 2.45) is 0 Å². The Balaban J connectivity index is 2.09. The molecule has 1 N–H and O–H groups in total. The molecular formula is C13H12O4S. The third-order valence-corrected chi connectivity index (χ3v) is 3.44. The molecule has 1 aromatic heterocycles. The summed E-state index contributed by atoms with van der Waals surface area (Å²) in [4.78, 5) is 12.2. The number of phenolic OH excluding ortho intramolecular Hbond substituents is 1. The van der Waals surface area contributed by atoms with Crippen LogP contribution in [0.3, 0.4) is 0 Å². The van der Waals surface area contributed by atoms with E-state index in [4.69, 9.17) is 4.42 Å². The number of furan rings is 1. The zero-order valence-corrected chi connectivity index (χ0v) is 10.6. The Bertz CT molecular complexity index is 547. The predicted octanol–water partition coefficient (Wildman–Crippen LogP) is 3.06. The number of ether oxygens (including phenoxy) is 1. The van der Waals surface area contributed by atoms with Crippen molar-refractivity contribution in [3.63, 3.8) is 0 Å². The maximum Gasteiger partial charge on any atom is 0.341 e. The van der Waals surface area contributed by atoms with Crippen LogP contribution in [0.15, 0.2) is 45.9 Å². The molecule has 4 nitrogen and oxygen atoms in total. The fourth-order valence-electron chi connectivity index (χ4n) is 1.47. The molecule has 94 valence electrons. The fraction of sp³-hybridized carbons (Fsp3) is 0.154. The SMILES string of the molecule is COC(=O)c1ccoc1CSc1ccccc1O. The van der Waals surface area contributed by atoms with Crippen LogP contribution in [0.4, 0.5) is 0 Å². The van der Waals surface area contributed by atoms with Crippen molar-refractivity contribution in [1.29, 1.82) is 0 Å². The summed E-state index contributed by atoms with van der Waals surface area (Å²) in [5.41, 5.74) is 0.417. The van der Waals surface area contributed by atoms with E-state index >= 15 is 0 Å². The molecule has 2 aromatic rings. The van der Waals surface area contributed by atoms with Crippen molar-refractivity contribution in [2.45, 2.75) is 10.6 Å². The standard InChI is InChI=1S/C13H12O4S/c1-16-13(15)9-6-7-17-11(9)8-18-12-5-3-2-4-10(12)14/h2-7,14H,8H2,1H3. The highest BCUT2D eigenvalue weighted by atomic mass is 32.2. The Kier molecular flexibility index (Phi) is 3.94. The number of para-hydroxylation sites is 1. The highest BCUT2D eigenvalue weighted by Gasteiger charge is 2.15. The van der Waals surface area contributed by atoms with Crippen LogP contribution in [0.1, 0.15) is 16.1 Å². The molecule has 5 heteroatoms. The van der Waals surface area contributed by atoms with Gasteiger partial charge in [-0.3, -0.25) is 0 Å². The van der Waals surface area contributed by atoms with Crippen molar-refractivity contribution >= 4 is 17.7 Å². The first-order valence-electron chi connectivity index (χ1n) is 5.28. The summed E-state index contributed by atoms with van der Waals surface area (Å²) in [5, 5.41) is 9.62. The minimum Gasteiger partial charge on any atom is -0.507 e. The first-order chi connectivity index (χ1) is 8.72. The van der Waals surface area contributed by atoms with Gasteiger partial charge in [-0.05, 0) is 18.2 Å². The third kappa shape index (κ3) is 2.68. The number of aromatic hydroxyl groups is 1. The summed E-state index contributed by atoms with van der Waals surface area (Å²) < 4.78 is 9.90. The number of carbonyl (C=O) groups is 1. The van der Waals surface area contributed by atoms with Gasteiger partial charge in [-0.25, -0.2) is 4.79 Å². The number of phenols is 1. The minimum absolute atomic E-state index is 0.216. The topological polar surface area (TPSA) is 59.7 Å². The molecular weight excluding hydrogens is 252 g/mol. The summed E-state index contributed by atoms with van der Waals surface area (Å²) >= 11 is 1.40. The van der Waals surface area contributed by atoms with Crippen LogP contribution in [-0.4, -0.2) is 18.2 Å². The number of hydrogen-bond donors (Lipinski definition) is 1. The van der Waals surface area contributed by atoms with Gasteiger partial charge in [-0.2, -0.15) is 0 Å². The number of benzene rings is 1. The van der Waals surface area contributed by atoms with E-state index in [9.17, 15) is 9.90 Å². The first kappa shape index (κ1) is 12.6. The fourth-order valence-corrected chi connectivity index (χ4v) is 2.37. The zero-order valence-electron chi connectivity index (χ0n) is 9.75. The van der Waals surface area contributed by atoms with E-state index in [2.05, 4.69) is 4.74 Å². The molecule has 0 aliphatic carbocycles. The van der Waals surface area contributed by atoms with E-state index in [-0.39, 0.29) is 5.75 Å². The molecule has 0 unspecified atom stereocenters. The van der Waals surface area contributed by atoms with Gasteiger partial charge in [0.1, 0.15) is 17.1 Å². The monoisotopic (exact) mass is 264 g/mol. The van der Waals surface area contributed by atoms with Gasteiger partial charge in [0, 0.05) is 4.90 Å². The van der Waals surface area contributed by atoms with Crippen molar-refractivity contribution in [3.05, 3.63) is 47.9 Å². The second-order valence-corrected chi connectivity index (χ2v) is 4.52. The molecule has 0 radical (unpaired) electrons. The van der Waals surface area contributed by atoms with Crippen LogP contribution in [0.25, 0.3) is 0 Å². The van der Waals surface area contributed by atoms with E-state index in [0.29, 0.717) is 17.1 Å². The van der Waals surface area contributed by atoms with Gasteiger partial charge in [0.05, 0.1) is 19.1 Å². The Morgan fingerprint density at radius 3 is 2.89 bits per heavy atom. The lowest BCUT2D eigenvalue weighted by Gasteiger charge is -2.03. The summed E-state index contributed by atoms with van der Waals surface area (Å²) in [7, 11) is 1.33. The number of methoxy groups -OCH3 is 1. The van der Waals surface area contributed by atoms with E-state index in [1.165, 1.54) is 25.1 Å². The Labute approximate surface area is 109 Å². The molecule has 0 bridgehead atoms. The largest absolute Gasteiger partial charge is 0.507 e. The molecule has 0 atom stereocenters. The quantitative estimate of drug-likeness (QED) is 0.679. The highest BCUT2D eigenvalue weighted by molar-refractivity contribution is 7.98. The molecule has 1 heterocycles. The lowest BCUT2D eigenvalue weighted by molar-refractivity contribution is 0.0598. The van der Waals surface area contributed by atoms with Crippen LogP contribution >= 0.6 is 11.8 Å². The molecule has 0 fully saturated rings. The highest BCUT2D eigenvalue weighted by Crippen LogP contribution is 2.31. The molecule has 0 saturated heterocycles. The van der Waals surface area contributed by atoms with Gasteiger partial charge >= 0.3 is 5.97 Å². The zero-order chi connectivity index (χ0) is 13.0. The number of hydrogen-bond acceptors (Lipinski definition) is 5. The van der Waals surface area contributed by atoms with Gasteiger partial charge in [0.2, 0.25) is 0 Å². The lowest BCUT2D eigenvalue weighted by Crippen LogP contribution is -2.02. The second-order valence-electron chi connectivity index (χ2n) is 3.51. The Hall–Kier alpha value is -1.88. The van der Waals surface area contributed by atoms with Crippen LogP contribution in [0, 0.1) is 0 Å². The van der Waals surface area contributed by atoms with Crippen molar-refractivity contribution in [1.82, 2.24) is 0 Å². The molecule has 0 aliphatic rings. The summed E-state index contributed by atoms with van der Waals surface area (Å²) in [6.45, 7) is 0. The average molecular weight is 264 g/mol. The maximum atomic E-state index is 11.4. The smallest absolute Gasteiger partial charge is 0.341 e. The van der Waals surface area contributed by atoms with Gasteiger partial charge in [-0.15, -0.1) is 11.8 Å². The molecule has 2 rings (SSSR count). The predicted molar refractivity (Wildman–Crippen MR) is 67.7 cm³/mol. The number of rotatable bonds is 4. The number of carbonyl (C=O) groups excluding carboxylic acids is 1. The van der Waals surface area contributed by atoms with Gasteiger partial charge in [-0.1, -0.05) is 12.1 Å². The maximum absolute atomic E-state index is 11.4. The van der Waals surface area contributed by atoms with Crippen LogP contribution in [0.2, 0.25) is 0 Å². The molecule has 18 heavy (non-hydrogen) atoms. The summed E-state index contributed by atoms with van der Waals surface area (Å²) in [6.07, 6.45) is 1.45. The first-order valence-corrected chi connectivity index (χ1v) is 6.26. The average Bonchev–Trinajstić information content (AvgIpc) is 2.85. The number of thioether (sulfide) groups is 1. The van der Waals surface area contributed by atoms with E-state index in [1.54, 1.807) is 24.3 Å². The van der Waals surface area contributed by atoms with Crippen molar-refractivity contribution in [2.75, 3.05) is 7.11 Å². The van der Waals surface area contributed by atoms with Crippen LogP contribution in [-0.2, 0) is 10.5 Å². The molecule has 1 aromatic carbocycles. The molecule has 0 aliphatic heterocycles. The Morgan fingerprint density at radius 2 is 2.17 bits per heavy atom. The third-order valence-electron chi connectivity index (χ3n) is 2.37. The normalized spacial score (nSPS) is 10.3. The number of esters is 1. The van der Waals surface area contributed by atoms with Gasteiger partial charge < -0.3 is 14.3 Å². The van der Waals surface area contributed by atoms with E-state index in [0.717, 1.165) is 4.90 Å². The lowest BCUT2D eigenvalue weighted by atomic mass is 10.3. The van der Waals surface area contributed by atoms with Gasteiger partial charge in [0.15, 0.2) is 0 Å². The summed E-state index contributed by atoms with van der Waals surface area (Å²) in [6, 6.07) is 8.59. The molecule has 0 saturated carbocycles. The van der Waals surface area contributed by atoms with Crippen LogP contribution < -0.4 is 0 Å².